The quantitative estimate of drug-likeness (QED) is 0.775. The second kappa shape index (κ2) is 7.24. The predicted molar refractivity (Wildman–Crippen MR) is 82.3 cm³/mol. The maximum absolute atomic E-state index is 13.7. The predicted octanol–water partition coefficient (Wildman–Crippen LogP) is 1.92. The van der Waals surface area contributed by atoms with Gasteiger partial charge in [0.2, 0.25) is 5.91 Å². The Labute approximate surface area is 137 Å². The van der Waals surface area contributed by atoms with Crippen molar-refractivity contribution in [1.29, 1.82) is 0 Å². The monoisotopic (exact) mass is 343 g/mol. The summed E-state index contributed by atoms with van der Waals surface area (Å²) < 4.78 is 32.0. The van der Waals surface area contributed by atoms with Gasteiger partial charge in [-0.15, -0.1) is 0 Å². The van der Waals surface area contributed by atoms with Crippen LogP contribution < -0.4 is 16.4 Å². The molecule has 132 valence electrons. The van der Waals surface area contributed by atoms with Gasteiger partial charge in [0, 0.05) is 6.07 Å². The van der Waals surface area contributed by atoms with Gasteiger partial charge >= 0.3 is 6.09 Å². The molecule has 0 spiro atoms. The number of alkyl carbamates (subject to hydrolysis) is 1. The highest BCUT2D eigenvalue weighted by molar-refractivity contribution is 5.99. The molecule has 0 heterocycles. The van der Waals surface area contributed by atoms with Crippen LogP contribution in [-0.4, -0.2) is 29.6 Å². The first kappa shape index (κ1) is 19.3. The summed E-state index contributed by atoms with van der Waals surface area (Å²) in [6.45, 7) is 6.29. The van der Waals surface area contributed by atoms with Crippen LogP contribution in [0.5, 0.6) is 0 Å². The first-order chi connectivity index (χ1) is 10.9. The SMILES string of the molecule is C[C@@H](NC(=O)OC(C)(C)C)C(=O)Nc1cc(C(N)=O)c(F)cc1F. The third kappa shape index (κ3) is 5.49. The van der Waals surface area contributed by atoms with Crippen molar-refractivity contribution in [2.24, 2.45) is 5.73 Å². The number of halogens is 2. The van der Waals surface area contributed by atoms with Gasteiger partial charge in [0.1, 0.15) is 23.3 Å². The molecule has 0 radical (unpaired) electrons. The number of carbonyl (C=O) groups excluding carboxylic acids is 3. The lowest BCUT2D eigenvalue weighted by Crippen LogP contribution is -2.44. The fourth-order valence-electron chi connectivity index (χ4n) is 1.62. The first-order valence-corrected chi connectivity index (χ1v) is 7.00. The van der Waals surface area contributed by atoms with Crippen LogP contribution in [0.2, 0.25) is 0 Å². The van der Waals surface area contributed by atoms with Gasteiger partial charge in [-0.1, -0.05) is 0 Å². The van der Waals surface area contributed by atoms with Gasteiger partial charge in [0.25, 0.3) is 5.91 Å². The van der Waals surface area contributed by atoms with Gasteiger partial charge in [0.15, 0.2) is 0 Å². The van der Waals surface area contributed by atoms with Crippen LogP contribution in [0.25, 0.3) is 0 Å². The molecule has 0 saturated carbocycles. The van der Waals surface area contributed by atoms with Crippen LogP contribution in [0.1, 0.15) is 38.1 Å². The fourth-order valence-corrected chi connectivity index (χ4v) is 1.62. The molecular weight excluding hydrogens is 324 g/mol. The maximum atomic E-state index is 13.7. The van der Waals surface area contributed by atoms with Crippen molar-refractivity contribution < 1.29 is 27.9 Å². The number of rotatable bonds is 4. The molecule has 0 fully saturated rings. The van der Waals surface area contributed by atoms with Crippen molar-refractivity contribution >= 4 is 23.6 Å². The zero-order valence-corrected chi connectivity index (χ0v) is 13.7. The molecule has 0 aromatic heterocycles. The van der Waals surface area contributed by atoms with Crippen LogP contribution in [0, 0.1) is 11.6 Å². The molecule has 9 heteroatoms. The summed E-state index contributed by atoms with van der Waals surface area (Å²) in [6.07, 6.45) is -0.831. The lowest BCUT2D eigenvalue weighted by molar-refractivity contribution is -0.117. The van der Waals surface area contributed by atoms with Crippen molar-refractivity contribution in [2.45, 2.75) is 39.3 Å². The Bertz CT molecular complexity index is 671. The molecule has 0 aliphatic carbocycles. The van der Waals surface area contributed by atoms with E-state index in [1.807, 2.05) is 0 Å². The zero-order chi connectivity index (χ0) is 18.7. The maximum Gasteiger partial charge on any atom is 0.408 e. The molecule has 1 aromatic carbocycles. The Morgan fingerprint density at radius 3 is 2.25 bits per heavy atom. The number of ether oxygens (including phenoxy) is 1. The van der Waals surface area contributed by atoms with E-state index in [0.29, 0.717) is 6.07 Å². The van der Waals surface area contributed by atoms with Crippen LogP contribution >= 0.6 is 0 Å². The first-order valence-electron chi connectivity index (χ1n) is 7.00. The van der Waals surface area contributed by atoms with E-state index in [9.17, 15) is 23.2 Å². The molecule has 3 amide bonds. The minimum Gasteiger partial charge on any atom is -0.444 e. The largest absolute Gasteiger partial charge is 0.444 e. The average Bonchev–Trinajstić information content (AvgIpc) is 2.38. The third-order valence-electron chi connectivity index (χ3n) is 2.71. The number of benzene rings is 1. The summed E-state index contributed by atoms with van der Waals surface area (Å²) in [5.41, 5.74) is 3.20. The number of primary amides is 1. The summed E-state index contributed by atoms with van der Waals surface area (Å²) in [5.74, 6) is -4.13. The minimum absolute atomic E-state index is 0.432. The van der Waals surface area contributed by atoms with Crippen molar-refractivity contribution in [3.05, 3.63) is 29.3 Å². The molecule has 1 aromatic rings. The standard InChI is InChI=1S/C15H19F2N3O4/c1-7(19-14(23)24-15(2,3)4)13(22)20-11-5-8(12(18)21)9(16)6-10(11)17/h5-7H,1-4H3,(H2,18,21)(H,19,23)(H,20,22)/t7-/m1/s1. The van der Waals surface area contributed by atoms with Crippen LogP contribution in [0.3, 0.4) is 0 Å². The molecule has 0 bridgehead atoms. The molecule has 0 aliphatic rings. The highest BCUT2D eigenvalue weighted by atomic mass is 19.1. The summed E-state index contributed by atoms with van der Waals surface area (Å²) in [5, 5.41) is 4.41. The van der Waals surface area contributed by atoms with E-state index in [1.54, 1.807) is 20.8 Å². The zero-order valence-electron chi connectivity index (χ0n) is 13.7. The summed E-state index contributed by atoms with van der Waals surface area (Å²) in [6, 6.07) is 0.147. The second-order valence-corrected chi connectivity index (χ2v) is 6.03. The van der Waals surface area contributed by atoms with E-state index in [0.717, 1.165) is 6.07 Å². The van der Waals surface area contributed by atoms with Crippen molar-refractivity contribution in [3.63, 3.8) is 0 Å². The van der Waals surface area contributed by atoms with Gasteiger partial charge in [0.05, 0.1) is 11.3 Å². The molecule has 24 heavy (non-hydrogen) atoms. The van der Waals surface area contributed by atoms with E-state index in [4.69, 9.17) is 10.5 Å². The number of amides is 3. The van der Waals surface area contributed by atoms with Crippen molar-refractivity contribution in [3.8, 4) is 0 Å². The normalized spacial score (nSPS) is 12.2. The summed E-state index contributed by atoms with van der Waals surface area (Å²) in [7, 11) is 0. The molecule has 0 saturated heterocycles. The summed E-state index contributed by atoms with van der Waals surface area (Å²) >= 11 is 0. The highest BCUT2D eigenvalue weighted by Crippen LogP contribution is 2.19. The number of hydrogen-bond acceptors (Lipinski definition) is 4. The molecule has 0 unspecified atom stereocenters. The topological polar surface area (TPSA) is 111 Å². The lowest BCUT2D eigenvalue weighted by atomic mass is 10.1. The molecule has 4 N–H and O–H groups in total. The molecule has 0 aliphatic heterocycles. The van der Waals surface area contributed by atoms with Crippen LogP contribution in [-0.2, 0) is 9.53 Å². The second-order valence-electron chi connectivity index (χ2n) is 6.03. The van der Waals surface area contributed by atoms with Crippen LogP contribution in [0.15, 0.2) is 12.1 Å². The van der Waals surface area contributed by atoms with Gasteiger partial charge < -0.3 is 21.1 Å². The average molecular weight is 343 g/mol. The molecule has 1 rings (SSSR count). The van der Waals surface area contributed by atoms with E-state index in [2.05, 4.69) is 10.6 Å². The smallest absolute Gasteiger partial charge is 0.408 e. The van der Waals surface area contributed by atoms with E-state index >= 15 is 0 Å². The number of hydrogen-bond donors (Lipinski definition) is 3. The van der Waals surface area contributed by atoms with Crippen molar-refractivity contribution in [1.82, 2.24) is 5.32 Å². The number of nitrogens with two attached hydrogens (primary N) is 1. The van der Waals surface area contributed by atoms with Gasteiger partial charge in [-0.2, -0.15) is 0 Å². The third-order valence-corrected chi connectivity index (χ3v) is 2.71. The van der Waals surface area contributed by atoms with E-state index < -0.39 is 52.4 Å². The molecular formula is C15H19F2N3O4. The van der Waals surface area contributed by atoms with E-state index in [1.165, 1.54) is 6.92 Å². The summed E-state index contributed by atoms with van der Waals surface area (Å²) in [4.78, 5) is 34.6. The van der Waals surface area contributed by atoms with Gasteiger partial charge in [-0.3, -0.25) is 9.59 Å². The minimum atomic E-state index is -1.14. The Balaban J connectivity index is 2.82. The van der Waals surface area contributed by atoms with Gasteiger partial charge in [-0.05, 0) is 33.8 Å². The number of carbonyl (C=O) groups is 3. The Morgan fingerprint density at radius 1 is 1.17 bits per heavy atom. The van der Waals surface area contributed by atoms with Crippen LogP contribution in [0.4, 0.5) is 19.3 Å². The molecule has 1 atom stereocenters. The van der Waals surface area contributed by atoms with Gasteiger partial charge in [-0.25, -0.2) is 13.6 Å². The number of anilines is 1. The molecule has 7 nitrogen and oxygen atoms in total. The Hall–Kier alpha value is -2.71. The number of nitrogens with one attached hydrogen (secondary N) is 2. The van der Waals surface area contributed by atoms with Crippen molar-refractivity contribution in [2.75, 3.05) is 5.32 Å². The highest BCUT2D eigenvalue weighted by Gasteiger charge is 2.22. The Kier molecular flexibility index (Phi) is 5.83. The fraction of sp³-hybridized carbons (Fsp3) is 0.400. The lowest BCUT2D eigenvalue weighted by Gasteiger charge is -2.21. The Morgan fingerprint density at radius 2 is 1.75 bits per heavy atom. The van der Waals surface area contributed by atoms with E-state index in [-0.39, 0.29) is 0 Å².